The van der Waals surface area contributed by atoms with E-state index < -0.39 is 0 Å². The van der Waals surface area contributed by atoms with Crippen molar-refractivity contribution in [2.45, 2.75) is 19.8 Å². The maximum atomic E-state index is 12.8. The minimum Gasteiger partial charge on any atom is -0.341 e. The summed E-state index contributed by atoms with van der Waals surface area (Å²) in [7, 11) is 0. The van der Waals surface area contributed by atoms with E-state index in [9.17, 15) is 9.59 Å². The van der Waals surface area contributed by atoms with Crippen LogP contribution < -0.4 is 0 Å². The smallest absolute Gasteiger partial charge is 0.227 e. The van der Waals surface area contributed by atoms with Gasteiger partial charge in [0.1, 0.15) is 0 Å². The first kappa shape index (κ1) is 18.1. The predicted molar refractivity (Wildman–Crippen MR) is 100 cm³/mol. The normalized spacial score (nSPS) is 17.7. The van der Waals surface area contributed by atoms with Gasteiger partial charge in [0.15, 0.2) is 0 Å². The number of rotatable bonds is 4. The molecule has 1 atom stereocenters. The van der Waals surface area contributed by atoms with E-state index in [1.807, 2.05) is 58.3 Å². The zero-order valence-corrected chi connectivity index (χ0v) is 15.2. The number of benzene rings is 1. The SMILES string of the molecule is CC(=O)N1CCN(C(=O)Cc2ccccc2)CC(Cc2ccccn2)C1. The molecule has 1 fully saturated rings. The first-order valence-corrected chi connectivity index (χ1v) is 9.09. The number of hydrogen-bond acceptors (Lipinski definition) is 3. The average Bonchev–Trinajstić information content (AvgIpc) is 2.86. The Hall–Kier alpha value is -2.69. The summed E-state index contributed by atoms with van der Waals surface area (Å²) in [4.78, 5) is 32.9. The van der Waals surface area contributed by atoms with Crippen molar-refractivity contribution < 1.29 is 9.59 Å². The second kappa shape index (κ2) is 8.61. The molecule has 136 valence electrons. The Morgan fingerprint density at radius 3 is 2.38 bits per heavy atom. The molecule has 26 heavy (non-hydrogen) atoms. The Bertz CT molecular complexity index is 733. The molecule has 0 aliphatic carbocycles. The monoisotopic (exact) mass is 351 g/mol. The summed E-state index contributed by atoms with van der Waals surface area (Å²) >= 11 is 0. The Balaban J connectivity index is 1.71. The standard InChI is InChI=1S/C21H25N3O2/c1-17(25)23-11-12-24(21(26)14-18-7-3-2-4-8-18)16-19(15-23)13-20-9-5-6-10-22-20/h2-10,19H,11-16H2,1H3. The number of aromatic nitrogens is 1. The summed E-state index contributed by atoms with van der Waals surface area (Å²) in [6.45, 7) is 4.10. The highest BCUT2D eigenvalue weighted by atomic mass is 16.2. The molecule has 5 heteroatoms. The largest absolute Gasteiger partial charge is 0.341 e. The van der Waals surface area contributed by atoms with Crippen LogP contribution in [0, 0.1) is 5.92 Å². The highest BCUT2D eigenvalue weighted by Gasteiger charge is 2.27. The third-order valence-electron chi connectivity index (χ3n) is 4.82. The molecule has 2 amide bonds. The maximum Gasteiger partial charge on any atom is 0.227 e. The van der Waals surface area contributed by atoms with Crippen molar-refractivity contribution in [2.24, 2.45) is 5.92 Å². The van der Waals surface area contributed by atoms with Crippen LogP contribution in [-0.4, -0.2) is 52.8 Å². The van der Waals surface area contributed by atoms with Gasteiger partial charge in [0.2, 0.25) is 11.8 Å². The number of amides is 2. The molecule has 1 unspecified atom stereocenters. The van der Waals surface area contributed by atoms with Gasteiger partial charge in [0.25, 0.3) is 0 Å². The molecule has 3 rings (SSSR count). The molecule has 2 aromatic rings. The highest BCUT2D eigenvalue weighted by Crippen LogP contribution is 2.16. The summed E-state index contributed by atoms with van der Waals surface area (Å²) in [6, 6.07) is 15.7. The molecule has 5 nitrogen and oxygen atoms in total. The summed E-state index contributed by atoms with van der Waals surface area (Å²) in [5.41, 5.74) is 2.02. The van der Waals surface area contributed by atoms with Crippen molar-refractivity contribution in [3.05, 3.63) is 66.0 Å². The number of nitrogens with zero attached hydrogens (tertiary/aromatic N) is 3. The molecule has 0 bridgehead atoms. The molecule has 1 aromatic carbocycles. The van der Waals surface area contributed by atoms with Gasteiger partial charge < -0.3 is 9.80 Å². The Kier molecular flexibility index (Phi) is 6.00. The lowest BCUT2D eigenvalue weighted by atomic mass is 10.0. The van der Waals surface area contributed by atoms with Crippen molar-refractivity contribution in [2.75, 3.05) is 26.2 Å². The summed E-state index contributed by atoms with van der Waals surface area (Å²) in [5, 5.41) is 0. The van der Waals surface area contributed by atoms with Crippen LogP contribution in [0.25, 0.3) is 0 Å². The minimum atomic E-state index is 0.0633. The van der Waals surface area contributed by atoms with Gasteiger partial charge in [-0.15, -0.1) is 0 Å². The molecule has 1 saturated heterocycles. The van der Waals surface area contributed by atoms with Gasteiger partial charge >= 0.3 is 0 Å². The molecule has 1 aliphatic heterocycles. The lowest BCUT2D eigenvalue weighted by Crippen LogP contribution is -2.37. The molecule has 2 heterocycles. The van der Waals surface area contributed by atoms with E-state index in [-0.39, 0.29) is 17.7 Å². The molecule has 0 saturated carbocycles. The third-order valence-corrected chi connectivity index (χ3v) is 4.82. The Morgan fingerprint density at radius 1 is 1.00 bits per heavy atom. The fourth-order valence-electron chi connectivity index (χ4n) is 3.44. The van der Waals surface area contributed by atoms with Crippen LogP contribution in [0.2, 0.25) is 0 Å². The van der Waals surface area contributed by atoms with Crippen LogP contribution in [-0.2, 0) is 22.4 Å². The molecule has 1 aliphatic rings. The molecule has 0 spiro atoms. The van der Waals surface area contributed by atoms with E-state index in [2.05, 4.69) is 4.98 Å². The molecular formula is C21H25N3O2. The number of pyridine rings is 1. The van der Waals surface area contributed by atoms with Gasteiger partial charge in [-0.1, -0.05) is 36.4 Å². The van der Waals surface area contributed by atoms with E-state index in [0.29, 0.717) is 32.6 Å². The third kappa shape index (κ3) is 4.91. The van der Waals surface area contributed by atoms with E-state index in [1.165, 1.54) is 0 Å². The van der Waals surface area contributed by atoms with Crippen molar-refractivity contribution >= 4 is 11.8 Å². The van der Waals surface area contributed by atoms with E-state index >= 15 is 0 Å². The number of hydrogen-bond donors (Lipinski definition) is 0. The topological polar surface area (TPSA) is 53.5 Å². The fourth-order valence-corrected chi connectivity index (χ4v) is 3.44. The summed E-state index contributed by atoms with van der Waals surface area (Å²) in [6.07, 6.45) is 2.95. The van der Waals surface area contributed by atoms with E-state index in [4.69, 9.17) is 0 Å². The highest BCUT2D eigenvalue weighted by molar-refractivity contribution is 5.79. The average molecular weight is 351 g/mol. The lowest BCUT2D eigenvalue weighted by molar-refractivity contribution is -0.132. The van der Waals surface area contributed by atoms with Crippen LogP contribution in [0.4, 0.5) is 0 Å². The molecule has 0 N–H and O–H groups in total. The first-order chi connectivity index (χ1) is 12.6. The second-order valence-electron chi connectivity index (χ2n) is 6.86. The molecule has 0 radical (unpaired) electrons. The van der Waals surface area contributed by atoms with Crippen LogP contribution in [0.3, 0.4) is 0 Å². The van der Waals surface area contributed by atoms with Gasteiger partial charge in [-0.05, 0) is 30.0 Å². The number of carbonyl (C=O) groups excluding carboxylic acids is 2. The van der Waals surface area contributed by atoms with Crippen molar-refractivity contribution in [3.63, 3.8) is 0 Å². The van der Waals surface area contributed by atoms with Crippen molar-refractivity contribution in [1.29, 1.82) is 0 Å². The van der Waals surface area contributed by atoms with Crippen LogP contribution >= 0.6 is 0 Å². The van der Waals surface area contributed by atoms with Crippen LogP contribution in [0.15, 0.2) is 54.7 Å². The van der Waals surface area contributed by atoms with Crippen LogP contribution in [0.1, 0.15) is 18.2 Å². The molecular weight excluding hydrogens is 326 g/mol. The van der Waals surface area contributed by atoms with Gasteiger partial charge in [-0.3, -0.25) is 14.6 Å². The first-order valence-electron chi connectivity index (χ1n) is 9.09. The van der Waals surface area contributed by atoms with Gasteiger partial charge in [-0.25, -0.2) is 0 Å². The zero-order chi connectivity index (χ0) is 18.4. The van der Waals surface area contributed by atoms with Gasteiger partial charge in [0, 0.05) is 45.0 Å². The van der Waals surface area contributed by atoms with Crippen molar-refractivity contribution in [3.8, 4) is 0 Å². The minimum absolute atomic E-state index is 0.0633. The number of carbonyl (C=O) groups is 2. The fraction of sp³-hybridized carbons (Fsp3) is 0.381. The Labute approximate surface area is 154 Å². The Morgan fingerprint density at radius 2 is 1.69 bits per heavy atom. The summed E-state index contributed by atoms with van der Waals surface area (Å²) in [5.74, 6) is 0.372. The van der Waals surface area contributed by atoms with E-state index in [1.54, 1.807) is 13.1 Å². The lowest BCUT2D eigenvalue weighted by Gasteiger charge is -2.24. The van der Waals surface area contributed by atoms with Crippen molar-refractivity contribution in [1.82, 2.24) is 14.8 Å². The van der Waals surface area contributed by atoms with Gasteiger partial charge in [-0.2, -0.15) is 0 Å². The summed E-state index contributed by atoms with van der Waals surface area (Å²) < 4.78 is 0. The van der Waals surface area contributed by atoms with E-state index in [0.717, 1.165) is 17.7 Å². The van der Waals surface area contributed by atoms with Crippen LogP contribution in [0.5, 0.6) is 0 Å². The maximum absolute atomic E-state index is 12.8. The zero-order valence-electron chi connectivity index (χ0n) is 15.2. The second-order valence-corrected chi connectivity index (χ2v) is 6.86. The van der Waals surface area contributed by atoms with Gasteiger partial charge in [0.05, 0.1) is 6.42 Å². The quantitative estimate of drug-likeness (QED) is 0.848. The molecule has 1 aromatic heterocycles. The predicted octanol–water partition coefficient (Wildman–Crippen LogP) is 2.17.